The minimum Gasteiger partial charge on any atom is -0.458 e. The number of hydrogen-bond donors (Lipinski definition) is 0. The Morgan fingerprint density at radius 3 is 1.86 bits per heavy atom. The molecule has 0 amide bonds. The number of Topliss-reactive ketones (excluding diaryl/α,β-unsaturated/α-hetero) is 1. The summed E-state index contributed by atoms with van der Waals surface area (Å²) >= 11 is 0. The van der Waals surface area contributed by atoms with Gasteiger partial charge in [0.05, 0.1) is 0 Å². The van der Waals surface area contributed by atoms with Crippen LogP contribution in [0.2, 0.25) is 0 Å². The average Bonchev–Trinajstić information content (AvgIpc) is 1.97. The zero-order valence-corrected chi connectivity index (χ0v) is 6.82. The summed E-state index contributed by atoms with van der Waals surface area (Å²) < 4.78 is 62.4. The van der Waals surface area contributed by atoms with Crippen molar-refractivity contribution < 1.29 is 36.3 Å². The lowest BCUT2D eigenvalue weighted by atomic mass is 10.2. The zero-order chi connectivity index (χ0) is 11.6. The van der Waals surface area contributed by atoms with Crippen LogP contribution in [-0.2, 0) is 14.3 Å². The number of alkyl halides is 5. The lowest BCUT2D eigenvalue weighted by molar-refractivity contribution is -0.269. The van der Waals surface area contributed by atoms with Crippen LogP contribution in [0, 0.1) is 0 Å². The molecular formula is C6H5F5O3. The molecule has 0 aliphatic rings. The molecular weight excluding hydrogens is 215 g/mol. The van der Waals surface area contributed by atoms with Gasteiger partial charge in [-0.2, -0.15) is 22.0 Å². The van der Waals surface area contributed by atoms with Gasteiger partial charge in [0, 0.05) is 6.92 Å². The molecule has 82 valence electrons. The monoisotopic (exact) mass is 220 g/mol. The Labute approximate surface area is 74.8 Å². The number of carbonyl (C=O) groups excluding carboxylic acids is 2. The second kappa shape index (κ2) is 3.89. The quantitative estimate of drug-likeness (QED) is 0.532. The molecule has 0 saturated heterocycles. The van der Waals surface area contributed by atoms with Gasteiger partial charge in [-0.1, -0.05) is 0 Å². The van der Waals surface area contributed by atoms with Crippen LogP contribution in [0.3, 0.4) is 0 Å². The van der Waals surface area contributed by atoms with Crippen molar-refractivity contribution in [3.05, 3.63) is 0 Å². The molecule has 0 aromatic rings. The Bertz CT molecular complexity index is 244. The molecule has 0 atom stereocenters. The van der Waals surface area contributed by atoms with Crippen molar-refractivity contribution in [2.24, 2.45) is 0 Å². The number of ketones is 1. The number of esters is 1. The predicted molar refractivity (Wildman–Crippen MR) is 32.6 cm³/mol. The largest absolute Gasteiger partial charge is 0.461 e. The highest BCUT2D eigenvalue weighted by Gasteiger charge is 2.63. The van der Waals surface area contributed by atoms with E-state index in [0.717, 1.165) is 6.92 Å². The summed E-state index contributed by atoms with van der Waals surface area (Å²) in [6.45, 7) is -0.819. The molecule has 0 radical (unpaired) electrons. The summed E-state index contributed by atoms with van der Waals surface area (Å²) in [7, 11) is 0. The number of rotatable bonds is 3. The Hall–Kier alpha value is -1.21. The molecule has 0 saturated carbocycles. The number of hydrogen-bond acceptors (Lipinski definition) is 3. The second-order valence-corrected chi connectivity index (χ2v) is 2.28. The van der Waals surface area contributed by atoms with E-state index in [9.17, 15) is 31.5 Å². The Balaban J connectivity index is 4.45. The summed E-state index contributed by atoms with van der Waals surface area (Å²) in [6.07, 6.45) is -5.97. The van der Waals surface area contributed by atoms with Gasteiger partial charge in [0.25, 0.3) is 0 Å². The van der Waals surface area contributed by atoms with E-state index in [0.29, 0.717) is 0 Å². The van der Waals surface area contributed by atoms with E-state index in [1.165, 1.54) is 0 Å². The van der Waals surface area contributed by atoms with Gasteiger partial charge in [-0.25, -0.2) is 0 Å². The van der Waals surface area contributed by atoms with Crippen LogP contribution in [0.4, 0.5) is 22.0 Å². The zero-order valence-electron chi connectivity index (χ0n) is 6.82. The molecule has 0 spiro atoms. The topological polar surface area (TPSA) is 43.4 Å². The van der Waals surface area contributed by atoms with Gasteiger partial charge in [-0.05, 0) is 0 Å². The Morgan fingerprint density at radius 1 is 1.14 bits per heavy atom. The molecule has 0 bridgehead atoms. The number of halogens is 5. The highest BCUT2D eigenvalue weighted by Crippen LogP contribution is 2.35. The van der Waals surface area contributed by atoms with Crippen molar-refractivity contribution in [3.8, 4) is 0 Å². The molecule has 0 N–H and O–H groups in total. The molecule has 0 rings (SSSR count). The van der Waals surface area contributed by atoms with Crippen LogP contribution in [-0.4, -0.2) is 30.5 Å². The van der Waals surface area contributed by atoms with Crippen molar-refractivity contribution >= 4 is 11.8 Å². The smallest absolute Gasteiger partial charge is 0.458 e. The third-order valence-electron chi connectivity index (χ3n) is 1.11. The first-order chi connectivity index (χ1) is 6.09. The molecule has 0 aliphatic carbocycles. The molecule has 0 unspecified atom stereocenters. The van der Waals surface area contributed by atoms with Crippen molar-refractivity contribution in [2.45, 2.75) is 19.0 Å². The maximum absolute atomic E-state index is 12.1. The van der Waals surface area contributed by atoms with Crippen LogP contribution in [0.15, 0.2) is 0 Å². The van der Waals surface area contributed by atoms with E-state index in [4.69, 9.17) is 0 Å². The first-order valence-electron chi connectivity index (χ1n) is 3.20. The van der Waals surface area contributed by atoms with Crippen molar-refractivity contribution in [2.75, 3.05) is 6.61 Å². The predicted octanol–water partition coefficient (Wildman–Crippen LogP) is 1.32. The number of ether oxygens (including phenoxy) is 1. The van der Waals surface area contributed by atoms with Crippen molar-refractivity contribution in [3.63, 3.8) is 0 Å². The van der Waals surface area contributed by atoms with Crippen molar-refractivity contribution in [1.82, 2.24) is 0 Å². The van der Waals surface area contributed by atoms with Crippen LogP contribution >= 0.6 is 0 Å². The summed E-state index contributed by atoms with van der Waals surface area (Å²) in [5, 5.41) is 0. The van der Waals surface area contributed by atoms with E-state index in [1.807, 2.05) is 0 Å². The first-order valence-corrected chi connectivity index (χ1v) is 3.20. The van der Waals surface area contributed by atoms with Gasteiger partial charge in [0.15, 0.2) is 6.61 Å². The van der Waals surface area contributed by atoms with E-state index in [1.54, 1.807) is 0 Å². The fraction of sp³-hybridized carbons (Fsp3) is 0.667. The van der Waals surface area contributed by atoms with Gasteiger partial charge in [-0.3, -0.25) is 9.59 Å². The maximum atomic E-state index is 12.1. The lowest BCUT2D eigenvalue weighted by Crippen LogP contribution is -2.46. The third-order valence-corrected chi connectivity index (χ3v) is 1.11. The van der Waals surface area contributed by atoms with Crippen molar-refractivity contribution in [1.29, 1.82) is 0 Å². The van der Waals surface area contributed by atoms with Crippen LogP contribution in [0.1, 0.15) is 6.92 Å². The number of carbonyl (C=O) groups is 2. The van der Waals surface area contributed by atoms with Gasteiger partial charge in [-0.15, -0.1) is 0 Å². The Kier molecular flexibility index (Phi) is 3.55. The minimum absolute atomic E-state index is 0.777. The van der Waals surface area contributed by atoms with Crippen LogP contribution < -0.4 is 0 Å². The second-order valence-electron chi connectivity index (χ2n) is 2.28. The van der Waals surface area contributed by atoms with E-state index in [2.05, 4.69) is 4.74 Å². The molecule has 0 aliphatic heterocycles. The molecule has 0 fully saturated rings. The van der Waals surface area contributed by atoms with Crippen LogP contribution in [0.5, 0.6) is 0 Å². The molecule has 8 heteroatoms. The summed E-state index contributed by atoms with van der Waals surface area (Å²) in [4.78, 5) is 20.3. The molecule has 3 nitrogen and oxygen atoms in total. The molecule has 0 heterocycles. The van der Waals surface area contributed by atoms with Gasteiger partial charge in [0.1, 0.15) is 0 Å². The minimum atomic E-state index is -5.97. The fourth-order valence-electron chi connectivity index (χ4n) is 0.416. The Morgan fingerprint density at radius 2 is 1.57 bits per heavy atom. The molecule has 14 heavy (non-hydrogen) atoms. The van der Waals surface area contributed by atoms with E-state index in [-0.39, 0.29) is 0 Å². The third kappa shape index (κ3) is 2.93. The van der Waals surface area contributed by atoms with Gasteiger partial charge in [0.2, 0.25) is 5.78 Å². The van der Waals surface area contributed by atoms with Crippen LogP contribution in [0.25, 0.3) is 0 Å². The average molecular weight is 220 g/mol. The lowest BCUT2D eigenvalue weighted by Gasteiger charge is -2.17. The molecule has 0 aromatic heterocycles. The maximum Gasteiger partial charge on any atom is 0.461 e. The highest BCUT2D eigenvalue weighted by atomic mass is 19.4. The summed E-state index contributed by atoms with van der Waals surface area (Å²) in [5.41, 5.74) is 0. The van der Waals surface area contributed by atoms with E-state index < -0.39 is 30.5 Å². The highest BCUT2D eigenvalue weighted by molar-refractivity contribution is 5.88. The standard InChI is InChI=1S/C6H5F5O3/c1-3(12)14-2-4(13)5(7,8)6(9,10)11/h2H2,1H3. The molecule has 0 aromatic carbocycles. The van der Waals surface area contributed by atoms with Gasteiger partial charge < -0.3 is 4.74 Å². The van der Waals surface area contributed by atoms with Gasteiger partial charge >= 0.3 is 18.1 Å². The summed E-state index contributed by atoms with van der Waals surface area (Å²) in [6, 6.07) is 0. The fourth-order valence-corrected chi connectivity index (χ4v) is 0.416. The SMILES string of the molecule is CC(=O)OCC(=O)C(F)(F)C(F)(F)F. The van der Waals surface area contributed by atoms with E-state index >= 15 is 0 Å². The summed E-state index contributed by atoms with van der Waals surface area (Å²) in [5.74, 6) is -9.10. The first kappa shape index (κ1) is 12.8. The normalized spacial score (nSPS) is 12.4.